The van der Waals surface area contributed by atoms with E-state index in [0.717, 1.165) is 25.7 Å². The van der Waals surface area contributed by atoms with Crippen molar-refractivity contribution in [2.45, 2.75) is 25.7 Å². The minimum Gasteiger partial charge on any atom is -0.466 e. The van der Waals surface area contributed by atoms with Gasteiger partial charge in [0.15, 0.2) is 0 Å². The largest absolute Gasteiger partial charge is 0.466 e. The highest BCUT2D eigenvalue weighted by atomic mass is 16.5. The molecule has 90 valence electrons. The van der Waals surface area contributed by atoms with Gasteiger partial charge in [-0.25, -0.2) is 9.59 Å². The molecule has 0 saturated carbocycles. The maximum Gasteiger partial charge on any atom is 0.330 e. The van der Waals surface area contributed by atoms with Gasteiger partial charge in [-0.05, 0) is 25.7 Å². The summed E-state index contributed by atoms with van der Waals surface area (Å²) < 4.78 is 8.89. The van der Waals surface area contributed by atoms with E-state index in [9.17, 15) is 9.59 Å². The van der Waals surface area contributed by atoms with Crippen LogP contribution in [0.3, 0.4) is 0 Å². The third kappa shape index (κ3) is 8.99. The Bertz CT molecular complexity index is 238. The van der Waals surface area contributed by atoms with Crippen molar-refractivity contribution in [2.75, 3.05) is 14.2 Å². The van der Waals surface area contributed by atoms with Gasteiger partial charge in [-0.15, -0.1) is 0 Å². The highest BCUT2D eigenvalue weighted by molar-refractivity contribution is 5.82. The van der Waals surface area contributed by atoms with Crippen molar-refractivity contribution in [1.29, 1.82) is 0 Å². The molecule has 0 aromatic heterocycles. The van der Waals surface area contributed by atoms with Crippen molar-refractivity contribution >= 4 is 11.9 Å². The fourth-order valence-electron chi connectivity index (χ4n) is 1.02. The van der Waals surface area contributed by atoms with Gasteiger partial charge in [0.05, 0.1) is 14.2 Å². The molecule has 0 aromatic rings. The summed E-state index contributed by atoms with van der Waals surface area (Å²) in [5.41, 5.74) is 0. The molecule has 0 N–H and O–H groups in total. The van der Waals surface area contributed by atoms with E-state index in [4.69, 9.17) is 0 Å². The van der Waals surface area contributed by atoms with Crippen LogP contribution in [0.15, 0.2) is 24.3 Å². The molecule has 0 atom stereocenters. The van der Waals surface area contributed by atoms with Crippen molar-refractivity contribution in [3.8, 4) is 0 Å². The summed E-state index contributed by atoms with van der Waals surface area (Å²) in [6.07, 6.45) is 10.0. The molecule has 0 aliphatic rings. The predicted octanol–water partition coefficient (Wildman–Crippen LogP) is 2.01. The molecule has 16 heavy (non-hydrogen) atoms. The number of esters is 2. The van der Waals surface area contributed by atoms with Gasteiger partial charge < -0.3 is 9.47 Å². The second kappa shape index (κ2) is 9.96. The molecule has 4 nitrogen and oxygen atoms in total. The van der Waals surface area contributed by atoms with E-state index in [1.807, 2.05) is 0 Å². The Labute approximate surface area is 95.9 Å². The van der Waals surface area contributed by atoms with Crippen molar-refractivity contribution in [2.24, 2.45) is 0 Å². The lowest BCUT2D eigenvalue weighted by Gasteiger charge is -1.93. The number of carbonyl (C=O) groups excluding carboxylic acids is 2. The average Bonchev–Trinajstić information content (AvgIpc) is 2.31. The van der Waals surface area contributed by atoms with Crippen LogP contribution in [0.25, 0.3) is 0 Å². The quantitative estimate of drug-likeness (QED) is 0.378. The number of hydrogen-bond donors (Lipinski definition) is 0. The van der Waals surface area contributed by atoms with Crippen LogP contribution < -0.4 is 0 Å². The molecule has 0 fully saturated rings. The highest BCUT2D eigenvalue weighted by Crippen LogP contribution is 2.01. The number of hydrogen-bond acceptors (Lipinski definition) is 4. The summed E-state index contributed by atoms with van der Waals surface area (Å²) in [5, 5.41) is 0. The fourth-order valence-corrected chi connectivity index (χ4v) is 1.02. The van der Waals surface area contributed by atoms with E-state index in [1.165, 1.54) is 26.4 Å². The molecule has 0 saturated heterocycles. The topological polar surface area (TPSA) is 52.6 Å². The number of methoxy groups -OCH3 is 2. The summed E-state index contributed by atoms with van der Waals surface area (Å²) in [5.74, 6) is -0.656. The molecule has 0 amide bonds. The second-order valence-corrected chi connectivity index (χ2v) is 3.14. The Morgan fingerprint density at radius 1 is 0.875 bits per heavy atom. The van der Waals surface area contributed by atoms with Crippen LogP contribution in [0.2, 0.25) is 0 Å². The van der Waals surface area contributed by atoms with Crippen LogP contribution in [0.5, 0.6) is 0 Å². The van der Waals surface area contributed by atoms with Gasteiger partial charge in [0.25, 0.3) is 0 Å². The van der Waals surface area contributed by atoms with E-state index < -0.39 is 0 Å². The standard InChI is InChI=1S/C12H18O4/c1-15-11(13)9-7-5-3-4-6-8-10-12(14)16-2/h7-10H,3-6H2,1-2H3. The first kappa shape index (κ1) is 14.4. The van der Waals surface area contributed by atoms with E-state index in [2.05, 4.69) is 9.47 Å². The molecule has 0 spiro atoms. The lowest BCUT2D eigenvalue weighted by Crippen LogP contribution is -1.93. The van der Waals surface area contributed by atoms with Gasteiger partial charge >= 0.3 is 11.9 Å². The Morgan fingerprint density at radius 2 is 1.25 bits per heavy atom. The smallest absolute Gasteiger partial charge is 0.330 e. The summed E-state index contributed by atoms with van der Waals surface area (Å²) in [6.45, 7) is 0. The van der Waals surface area contributed by atoms with Crippen LogP contribution in [0.4, 0.5) is 0 Å². The molecular formula is C12H18O4. The average molecular weight is 226 g/mol. The lowest BCUT2D eigenvalue weighted by atomic mass is 10.2. The fraction of sp³-hybridized carbons (Fsp3) is 0.500. The van der Waals surface area contributed by atoms with Crippen molar-refractivity contribution in [3.05, 3.63) is 24.3 Å². The molecule has 0 rings (SSSR count). The van der Waals surface area contributed by atoms with Gasteiger partial charge in [0, 0.05) is 12.2 Å². The van der Waals surface area contributed by atoms with Gasteiger partial charge in [0.1, 0.15) is 0 Å². The van der Waals surface area contributed by atoms with E-state index >= 15 is 0 Å². The zero-order chi connectivity index (χ0) is 12.2. The number of rotatable bonds is 7. The Hall–Kier alpha value is -1.58. The van der Waals surface area contributed by atoms with Crippen molar-refractivity contribution in [1.82, 2.24) is 0 Å². The predicted molar refractivity (Wildman–Crippen MR) is 60.8 cm³/mol. The molecule has 0 radical (unpaired) electrons. The van der Waals surface area contributed by atoms with E-state index in [0.29, 0.717) is 0 Å². The van der Waals surface area contributed by atoms with E-state index in [-0.39, 0.29) is 11.9 Å². The van der Waals surface area contributed by atoms with Crippen LogP contribution in [0.1, 0.15) is 25.7 Å². The zero-order valence-corrected chi connectivity index (χ0v) is 9.77. The number of unbranched alkanes of at least 4 members (excludes halogenated alkanes) is 3. The van der Waals surface area contributed by atoms with Gasteiger partial charge in [-0.3, -0.25) is 0 Å². The van der Waals surface area contributed by atoms with Crippen LogP contribution in [-0.2, 0) is 19.1 Å². The first-order chi connectivity index (χ1) is 7.70. The monoisotopic (exact) mass is 226 g/mol. The minimum atomic E-state index is -0.328. The molecule has 0 aliphatic heterocycles. The molecule has 0 aromatic carbocycles. The third-order valence-electron chi connectivity index (χ3n) is 1.90. The Kier molecular flexibility index (Phi) is 8.97. The Balaban J connectivity index is 3.41. The van der Waals surface area contributed by atoms with Crippen LogP contribution in [0, 0.1) is 0 Å². The molecule has 0 aliphatic carbocycles. The summed E-state index contributed by atoms with van der Waals surface area (Å²) in [7, 11) is 2.70. The van der Waals surface area contributed by atoms with Crippen molar-refractivity contribution < 1.29 is 19.1 Å². The molecule has 4 heteroatoms. The van der Waals surface area contributed by atoms with Crippen LogP contribution in [-0.4, -0.2) is 26.2 Å². The summed E-state index contributed by atoms with van der Waals surface area (Å²) >= 11 is 0. The summed E-state index contributed by atoms with van der Waals surface area (Å²) in [6, 6.07) is 0. The first-order valence-electron chi connectivity index (χ1n) is 5.19. The highest BCUT2D eigenvalue weighted by Gasteiger charge is 1.91. The number of carbonyl (C=O) groups is 2. The molecule has 0 unspecified atom stereocenters. The van der Waals surface area contributed by atoms with Crippen molar-refractivity contribution in [3.63, 3.8) is 0 Å². The number of ether oxygens (including phenoxy) is 2. The molecular weight excluding hydrogens is 208 g/mol. The SMILES string of the molecule is COC(=O)C=CCCCCC=CC(=O)OC. The maximum atomic E-state index is 10.7. The van der Waals surface area contributed by atoms with Gasteiger partial charge in [-0.1, -0.05) is 12.2 Å². The van der Waals surface area contributed by atoms with Crippen LogP contribution >= 0.6 is 0 Å². The molecule has 0 heterocycles. The lowest BCUT2D eigenvalue weighted by molar-refractivity contribution is -0.135. The first-order valence-corrected chi connectivity index (χ1v) is 5.19. The van der Waals surface area contributed by atoms with Gasteiger partial charge in [0.2, 0.25) is 0 Å². The zero-order valence-electron chi connectivity index (χ0n) is 9.77. The molecule has 0 bridgehead atoms. The Morgan fingerprint density at radius 3 is 1.56 bits per heavy atom. The third-order valence-corrected chi connectivity index (χ3v) is 1.90. The minimum absolute atomic E-state index is 0.328. The summed E-state index contributed by atoms with van der Waals surface area (Å²) in [4.78, 5) is 21.4. The maximum absolute atomic E-state index is 10.7. The second-order valence-electron chi connectivity index (χ2n) is 3.14. The van der Waals surface area contributed by atoms with E-state index in [1.54, 1.807) is 12.2 Å². The number of allylic oxidation sites excluding steroid dienone is 2. The van der Waals surface area contributed by atoms with Gasteiger partial charge in [-0.2, -0.15) is 0 Å². The normalized spacial score (nSPS) is 10.9.